The van der Waals surface area contributed by atoms with E-state index in [4.69, 9.17) is 0 Å². The minimum atomic E-state index is 1.12. The van der Waals surface area contributed by atoms with Gasteiger partial charge in [-0.1, -0.05) is 31.2 Å². The van der Waals surface area contributed by atoms with Crippen LogP contribution in [0.3, 0.4) is 0 Å². The highest BCUT2D eigenvalue weighted by Crippen LogP contribution is 2.16. The molecule has 0 nitrogen and oxygen atoms in total. The fourth-order valence-corrected chi connectivity index (χ4v) is 2.82. The summed E-state index contributed by atoms with van der Waals surface area (Å²) in [5.41, 5.74) is 2.86. The molecule has 0 bridgehead atoms. The molecule has 0 aliphatic rings. The van der Waals surface area contributed by atoms with Crippen LogP contribution >= 0.6 is 0 Å². The smallest absolute Gasteiger partial charge is 0.0619 e. The van der Waals surface area contributed by atoms with Crippen molar-refractivity contribution < 1.29 is 0 Å². The van der Waals surface area contributed by atoms with Crippen LogP contribution in [0.15, 0.2) is 58.3 Å². The Labute approximate surface area is 102 Å². The topological polar surface area (TPSA) is 0 Å². The van der Waals surface area contributed by atoms with Gasteiger partial charge in [-0.2, -0.15) is 0 Å². The highest BCUT2D eigenvalue weighted by molar-refractivity contribution is 7.78. The van der Waals surface area contributed by atoms with E-state index in [-0.39, 0.29) is 0 Å². The first kappa shape index (κ1) is 11.3. The molecule has 2 aromatic carbocycles. The van der Waals surface area contributed by atoms with Crippen molar-refractivity contribution in [2.45, 2.75) is 30.1 Å². The zero-order valence-electron chi connectivity index (χ0n) is 9.77. The predicted octanol–water partition coefficient (Wildman–Crippen LogP) is 3.79. The second-order valence-corrected chi connectivity index (χ2v) is 5.17. The highest BCUT2D eigenvalue weighted by atomic mass is 32.2. The van der Waals surface area contributed by atoms with Gasteiger partial charge in [-0.15, -0.1) is 0 Å². The van der Waals surface area contributed by atoms with Crippen LogP contribution in [0.4, 0.5) is 0 Å². The van der Waals surface area contributed by atoms with E-state index >= 15 is 0 Å². The van der Waals surface area contributed by atoms with Crippen LogP contribution < -0.4 is 0 Å². The minimum Gasteiger partial charge on any atom is -0.0619 e. The number of hydrogen-bond acceptors (Lipinski definition) is 0. The lowest BCUT2D eigenvalue weighted by atomic mass is 10.1. The van der Waals surface area contributed by atoms with Gasteiger partial charge in [0.1, 0.15) is 0 Å². The summed E-state index contributed by atoms with van der Waals surface area (Å²) in [5.74, 6) is 0. The molecule has 0 unspecified atom stereocenters. The van der Waals surface area contributed by atoms with E-state index in [2.05, 4.69) is 62.4 Å². The van der Waals surface area contributed by atoms with Crippen molar-refractivity contribution in [3.63, 3.8) is 0 Å². The Morgan fingerprint density at radius 2 is 1.69 bits per heavy atom. The molecule has 2 aromatic rings. The molecule has 0 aliphatic heterocycles. The van der Waals surface area contributed by atoms with Crippen molar-refractivity contribution in [3.05, 3.63) is 59.7 Å². The first-order chi connectivity index (χ1) is 7.79. The lowest BCUT2D eigenvalue weighted by molar-refractivity contribution is 1.10. The third-order valence-electron chi connectivity index (χ3n) is 2.72. The summed E-state index contributed by atoms with van der Waals surface area (Å²) >= 11 is 1.30. The molecule has 0 amide bonds. The van der Waals surface area contributed by atoms with Gasteiger partial charge in [-0.3, -0.25) is 0 Å². The maximum Gasteiger partial charge on any atom is 0.158 e. The fraction of sp³-hybridized carbons (Fsp3) is 0.200. The normalized spacial score (nSPS) is 10.4. The van der Waals surface area contributed by atoms with Crippen molar-refractivity contribution in [2.24, 2.45) is 0 Å². The average molecular weight is 229 g/mol. The van der Waals surface area contributed by atoms with Crippen LogP contribution in [0.2, 0.25) is 0 Å². The number of aryl methyl sites for hydroxylation is 2. The first-order valence-electron chi connectivity index (χ1n) is 5.66. The SMILES string of the molecule is CCc1ccc([SH+]c2ccccc2)cc1C. The summed E-state index contributed by atoms with van der Waals surface area (Å²) in [6.45, 7) is 4.40. The predicted molar refractivity (Wildman–Crippen MR) is 72.3 cm³/mol. The van der Waals surface area contributed by atoms with Crippen molar-refractivity contribution in [1.82, 2.24) is 0 Å². The van der Waals surface area contributed by atoms with Gasteiger partial charge in [0.15, 0.2) is 9.79 Å². The number of rotatable bonds is 3. The van der Waals surface area contributed by atoms with Gasteiger partial charge in [0.05, 0.1) is 0 Å². The van der Waals surface area contributed by atoms with Crippen molar-refractivity contribution >= 4 is 11.8 Å². The Morgan fingerprint density at radius 1 is 0.938 bits per heavy atom. The van der Waals surface area contributed by atoms with Crippen LogP contribution in [-0.2, 0) is 18.2 Å². The molecule has 0 aromatic heterocycles. The van der Waals surface area contributed by atoms with E-state index in [1.165, 1.54) is 32.7 Å². The molecule has 82 valence electrons. The average Bonchev–Trinajstić information content (AvgIpc) is 2.31. The molecule has 0 radical (unpaired) electrons. The zero-order valence-corrected chi connectivity index (χ0v) is 10.7. The molecule has 2 rings (SSSR count). The van der Waals surface area contributed by atoms with Gasteiger partial charge in [0.2, 0.25) is 0 Å². The molecule has 1 heteroatoms. The van der Waals surface area contributed by atoms with Crippen molar-refractivity contribution in [1.29, 1.82) is 0 Å². The second kappa shape index (κ2) is 5.22. The fourth-order valence-electron chi connectivity index (χ4n) is 1.80. The Bertz CT molecular complexity index is 460. The van der Waals surface area contributed by atoms with Gasteiger partial charge < -0.3 is 0 Å². The lowest BCUT2D eigenvalue weighted by Crippen LogP contribution is -1.90. The molecule has 0 saturated heterocycles. The molecule has 0 heterocycles. The van der Waals surface area contributed by atoms with E-state index in [0.29, 0.717) is 0 Å². The second-order valence-electron chi connectivity index (χ2n) is 3.91. The molecular weight excluding hydrogens is 212 g/mol. The molecule has 0 atom stereocenters. The molecule has 0 saturated carbocycles. The van der Waals surface area contributed by atoms with Crippen LogP contribution in [0, 0.1) is 6.92 Å². The van der Waals surface area contributed by atoms with Gasteiger partial charge in [-0.25, -0.2) is 0 Å². The summed E-state index contributed by atoms with van der Waals surface area (Å²) in [6, 6.07) is 17.4. The Balaban J connectivity index is 2.20. The molecule has 0 fully saturated rings. The maximum absolute atomic E-state index is 2.30. The summed E-state index contributed by atoms with van der Waals surface area (Å²) in [5, 5.41) is 0. The Morgan fingerprint density at radius 3 is 2.31 bits per heavy atom. The maximum atomic E-state index is 2.30. The molecular formula is C15H17S+. The van der Waals surface area contributed by atoms with Gasteiger partial charge >= 0.3 is 0 Å². The van der Waals surface area contributed by atoms with Crippen molar-refractivity contribution in [3.8, 4) is 0 Å². The van der Waals surface area contributed by atoms with Gasteiger partial charge in [0, 0.05) is 11.8 Å². The lowest BCUT2D eigenvalue weighted by Gasteiger charge is -2.01. The summed E-state index contributed by atoms with van der Waals surface area (Å²) in [7, 11) is 0. The highest BCUT2D eigenvalue weighted by Gasteiger charge is 2.07. The van der Waals surface area contributed by atoms with Crippen molar-refractivity contribution in [2.75, 3.05) is 0 Å². The van der Waals surface area contributed by atoms with Gasteiger partial charge in [-0.05, 0) is 48.7 Å². The summed E-state index contributed by atoms with van der Waals surface area (Å²) < 4.78 is 0. The van der Waals surface area contributed by atoms with Crippen LogP contribution in [0.5, 0.6) is 0 Å². The molecule has 0 N–H and O–H groups in total. The van der Waals surface area contributed by atoms with E-state index < -0.39 is 0 Å². The number of benzene rings is 2. The van der Waals surface area contributed by atoms with E-state index in [1.807, 2.05) is 0 Å². The quantitative estimate of drug-likeness (QED) is 0.555. The Kier molecular flexibility index (Phi) is 3.68. The molecule has 0 aliphatic carbocycles. The third-order valence-corrected chi connectivity index (χ3v) is 3.81. The minimum absolute atomic E-state index is 1.12. The molecule has 0 spiro atoms. The molecule has 16 heavy (non-hydrogen) atoms. The standard InChI is InChI=1S/C15H16S/c1-3-13-9-10-15(11-12(13)2)16-14-7-5-4-6-8-14/h4-11H,3H2,1-2H3/p+1. The largest absolute Gasteiger partial charge is 0.158 e. The zero-order chi connectivity index (χ0) is 11.4. The number of hydrogen-bond donors (Lipinski definition) is 0. The van der Waals surface area contributed by atoms with Crippen LogP contribution in [0.1, 0.15) is 18.1 Å². The first-order valence-corrected chi connectivity index (χ1v) is 6.55. The van der Waals surface area contributed by atoms with E-state index in [1.54, 1.807) is 0 Å². The van der Waals surface area contributed by atoms with E-state index in [0.717, 1.165) is 6.42 Å². The monoisotopic (exact) mass is 229 g/mol. The third kappa shape index (κ3) is 2.67. The van der Waals surface area contributed by atoms with E-state index in [9.17, 15) is 0 Å². The van der Waals surface area contributed by atoms with Crippen LogP contribution in [0.25, 0.3) is 0 Å². The summed E-state index contributed by atoms with van der Waals surface area (Å²) in [6.07, 6.45) is 1.12. The summed E-state index contributed by atoms with van der Waals surface area (Å²) in [4.78, 5) is 2.73. The Hall–Kier alpha value is -1.21. The van der Waals surface area contributed by atoms with Crippen LogP contribution in [-0.4, -0.2) is 0 Å². The van der Waals surface area contributed by atoms with Gasteiger partial charge in [0.25, 0.3) is 0 Å². The number of thiol groups is 1.